The lowest BCUT2D eigenvalue weighted by Gasteiger charge is -2.19. The quantitative estimate of drug-likeness (QED) is 0.771. The first kappa shape index (κ1) is 12.3. The van der Waals surface area contributed by atoms with Gasteiger partial charge in [-0.2, -0.15) is 0 Å². The molecule has 1 atom stereocenters. The van der Waals surface area contributed by atoms with Gasteiger partial charge in [0.1, 0.15) is 0 Å². The third-order valence-electron chi connectivity index (χ3n) is 3.36. The van der Waals surface area contributed by atoms with Gasteiger partial charge in [-0.1, -0.05) is 13.8 Å². The zero-order valence-electron chi connectivity index (χ0n) is 9.99. The highest BCUT2D eigenvalue weighted by Crippen LogP contribution is 2.38. The van der Waals surface area contributed by atoms with Gasteiger partial charge in [0.15, 0.2) is 17.5 Å². The third kappa shape index (κ3) is 2.56. The smallest absolute Gasteiger partial charge is 0.196 e. The molecule has 0 spiro atoms. The van der Waals surface area contributed by atoms with Gasteiger partial charge in [-0.25, -0.2) is 13.2 Å². The van der Waals surface area contributed by atoms with Crippen LogP contribution in [0.1, 0.15) is 33.1 Å². The van der Waals surface area contributed by atoms with Crippen molar-refractivity contribution in [1.29, 1.82) is 0 Å². The molecule has 1 fully saturated rings. The molecule has 1 aromatic rings. The van der Waals surface area contributed by atoms with Gasteiger partial charge >= 0.3 is 0 Å². The van der Waals surface area contributed by atoms with E-state index in [0.29, 0.717) is 0 Å². The van der Waals surface area contributed by atoms with E-state index in [4.69, 9.17) is 0 Å². The summed E-state index contributed by atoms with van der Waals surface area (Å²) < 4.78 is 39.2. The van der Waals surface area contributed by atoms with Gasteiger partial charge < -0.3 is 5.32 Å². The van der Waals surface area contributed by atoms with Crippen molar-refractivity contribution in [2.24, 2.45) is 5.41 Å². The Labute approximate surface area is 99.0 Å². The first-order chi connectivity index (χ1) is 7.89. The number of halogens is 3. The summed E-state index contributed by atoms with van der Waals surface area (Å²) in [5.74, 6) is -3.69. The van der Waals surface area contributed by atoms with E-state index in [-0.39, 0.29) is 17.1 Å². The van der Waals surface area contributed by atoms with Gasteiger partial charge in [0, 0.05) is 6.04 Å². The molecule has 1 saturated carbocycles. The monoisotopic (exact) mass is 243 g/mol. The van der Waals surface area contributed by atoms with E-state index in [2.05, 4.69) is 19.2 Å². The van der Waals surface area contributed by atoms with Gasteiger partial charge in [0.05, 0.1) is 5.69 Å². The van der Waals surface area contributed by atoms with Crippen LogP contribution in [0.15, 0.2) is 12.1 Å². The third-order valence-corrected chi connectivity index (χ3v) is 3.36. The fourth-order valence-electron chi connectivity index (χ4n) is 2.42. The fourth-order valence-corrected chi connectivity index (χ4v) is 2.42. The Balaban J connectivity index is 2.13. The van der Waals surface area contributed by atoms with Crippen LogP contribution in [0.4, 0.5) is 18.9 Å². The van der Waals surface area contributed by atoms with Crippen LogP contribution in [-0.4, -0.2) is 6.04 Å². The Kier molecular flexibility index (Phi) is 3.06. The zero-order chi connectivity index (χ0) is 12.6. The first-order valence-electron chi connectivity index (χ1n) is 5.79. The van der Waals surface area contributed by atoms with Crippen LogP contribution in [-0.2, 0) is 0 Å². The minimum Gasteiger partial charge on any atom is -0.380 e. The number of hydrogen-bond acceptors (Lipinski definition) is 1. The lowest BCUT2D eigenvalue weighted by atomic mass is 9.92. The Hall–Kier alpha value is -1.19. The van der Waals surface area contributed by atoms with Crippen LogP contribution in [0.2, 0.25) is 0 Å². The standard InChI is InChI=1S/C13H16F3N/c1-13(2)6-5-8(7-13)17-10-4-3-9(14)11(15)12(10)16/h3-4,8,17H,5-7H2,1-2H3. The molecule has 0 radical (unpaired) electrons. The molecule has 1 N–H and O–H groups in total. The molecule has 0 aliphatic heterocycles. The van der Waals surface area contributed by atoms with Crippen molar-refractivity contribution in [3.8, 4) is 0 Å². The summed E-state index contributed by atoms with van der Waals surface area (Å²) in [6.45, 7) is 4.30. The van der Waals surface area contributed by atoms with Crippen LogP contribution >= 0.6 is 0 Å². The average Bonchev–Trinajstić information content (AvgIpc) is 2.59. The van der Waals surface area contributed by atoms with Crippen LogP contribution in [0.5, 0.6) is 0 Å². The van der Waals surface area contributed by atoms with Crippen molar-refractivity contribution in [3.05, 3.63) is 29.6 Å². The lowest BCUT2D eigenvalue weighted by molar-refractivity contribution is 0.378. The van der Waals surface area contributed by atoms with Gasteiger partial charge in [-0.3, -0.25) is 0 Å². The minimum absolute atomic E-state index is 0.0478. The van der Waals surface area contributed by atoms with E-state index in [1.54, 1.807) is 0 Å². The van der Waals surface area contributed by atoms with Gasteiger partial charge in [-0.15, -0.1) is 0 Å². The van der Waals surface area contributed by atoms with Gasteiger partial charge in [0.2, 0.25) is 0 Å². The highest BCUT2D eigenvalue weighted by molar-refractivity contribution is 5.46. The van der Waals surface area contributed by atoms with E-state index in [1.807, 2.05) is 0 Å². The molecule has 2 rings (SSSR count). The molecule has 1 aliphatic rings. The second kappa shape index (κ2) is 4.24. The van der Waals surface area contributed by atoms with Crippen molar-refractivity contribution < 1.29 is 13.2 Å². The van der Waals surface area contributed by atoms with Crippen LogP contribution in [0, 0.1) is 22.9 Å². The summed E-state index contributed by atoms with van der Waals surface area (Å²) >= 11 is 0. The predicted octanol–water partition coefficient (Wildman–Crippen LogP) is 4.09. The number of rotatable bonds is 2. The van der Waals surface area contributed by atoms with E-state index < -0.39 is 17.5 Å². The van der Waals surface area contributed by atoms with Gasteiger partial charge in [0.25, 0.3) is 0 Å². The Morgan fingerprint density at radius 1 is 1.18 bits per heavy atom. The molecule has 94 valence electrons. The molecule has 17 heavy (non-hydrogen) atoms. The molecular weight excluding hydrogens is 227 g/mol. The summed E-state index contributed by atoms with van der Waals surface area (Å²) in [5, 5.41) is 2.95. The maximum atomic E-state index is 13.4. The molecule has 1 aliphatic carbocycles. The van der Waals surface area contributed by atoms with Gasteiger partial charge in [-0.05, 0) is 36.8 Å². The summed E-state index contributed by atoms with van der Waals surface area (Å²) in [5.41, 5.74) is 0.277. The van der Waals surface area contributed by atoms with E-state index >= 15 is 0 Å². The van der Waals surface area contributed by atoms with E-state index in [0.717, 1.165) is 25.3 Å². The molecule has 0 heterocycles. The van der Waals surface area contributed by atoms with Crippen molar-refractivity contribution in [2.75, 3.05) is 5.32 Å². The lowest BCUT2D eigenvalue weighted by Crippen LogP contribution is -2.18. The number of anilines is 1. The highest BCUT2D eigenvalue weighted by Gasteiger charge is 2.31. The van der Waals surface area contributed by atoms with Crippen LogP contribution in [0.25, 0.3) is 0 Å². The van der Waals surface area contributed by atoms with Crippen LogP contribution in [0.3, 0.4) is 0 Å². The maximum Gasteiger partial charge on any atom is 0.196 e. The molecule has 1 nitrogen and oxygen atoms in total. The normalized spacial score (nSPS) is 22.8. The largest absolute Gasteiger partial charge is 0.380 e. The minimum atomic E-state index is -1.41. The molecule has 0 bridgehead atoms. The molecule has 1 aromatic carbocycles. The number of nitrogens with one attached hydrogen (secondary N) is 1. The average molecular weight is 243 g/mol. The molecular formula is C13H16F3N. The number of hydrogen-bond donors (Lipinski definition) is 1. The van der Waals surface area contributed by atoms with Crippen LogP contribution < -0.4 is 5.32 Å². The second-order valence-electron chi connectivity index (χ2n) is 5.47. The molecule has 1 unspecified atom stereocenters. The Morgan fingerprint density at radius 2 is 1.88 bits per heavy atom. The first-order valence-corrected chi connectivity index (χ1v) is 5.79. The van der Waals surface area contributed by atoms with E-state index in [1.165, 1.54) is 6.07 Å². The van der Waals surface area contributed by atoms with Crippen molar-refractivity contribution >= 4 is 5.69 Å². The zero-order valence-corrected chi connectivity index (χ0v) is 9.99. The second-order valence-corrected chi connectivity index (χ2v) is 5.47. The van der Waals surface area contributed by atoms with Crippen molar-refractivity contribution in [2.45, 2.75) is 39.2 Å². The topological polar surface area (TPSA) is 12.0 Å². The summed E-state index contributed by atoms with van der Waals surface area (Å²) in [7, 11) is 0. The summed E-state index contributed by atoms with van der Waals surface area (Å²) in [6.07, 6.45) is 2.88. The van der Waals surface area contributed by atoms with Crippen molar-refractivity contribution in [1.82, 2.24) is 0 Å². The van der Waals surface area contributed by atoms with E-state index in [9.17, 15) is 13.2 Å². The maximum absolute atomic E-state index is 13.4. The Morgan fingerprint density at radius 3 is 2.47 bits per heavy atom. The molecule has 0 aromatic heterocycles. The highest BCUT2D eigenvalue weighted by atomic mass is 19.2. The predicted molar refractivity (Wildman–Crippen MR) is 61.4 cm³/mol. The summed E-state index contributed by atoms with van der Waals surface area (Å²) in [4.78, 5) is 0. The fraction of sp³-hybridized carbons (Fsp3) is 0.538. The molecule has 0 amide bonds. The molecule has 0 saturated heterocycles. The Bertz CT molecular complexity index is 429. The van der Waals surface area contributed by atoms with Crippen molar-refractivity contribution in [3.63, 3.8) is 0 Å². The number of benzene rings is 1. The summed E-state index contributed by atoms with van der Waals surface area (Å²) in [6, 6.07) is 2.32. The SMILES string of the molecule is CC1(C)CCC(Nc2ccc(F)c(F)c2F)C1. The molecule has 4 heteroatoms.